The van der Waals surface area contributed by atoms with Crippen molar-refractivity contribution in [1.29, 1.82) is 0 Å². The fraction of sp³-hybridized carbons (Fsp3) is 0.462. The molecule has 0 bridgehead atoms. The van der Waals surface area contributed by atoms with Crippen LogP contribution in [0.2, 0.25) is 0 Å². The smallest absolute Gasteiger partial charge is 0.314 e. The number of fused-ring (bicyclic) bond motifs is 1. The van der Waals surface area contributed by atoms with Crippen LogP contribution < -0.4 is 16.4 Å². The van der Waals surface area contributed by atoms with Crippen LogP contribution in [0.25, 0.3) is 0 Å². The number of aliphatic hydroxyl groups excluding tert-OH is 1. The number of carbonyl (C=O) groups excluding carboxylic acids is 3. The number of primary amides is 1. The fourth-order valence-corrected chi connectivity index (χ4v) is 3.61. The van der Waals surface area contributed by atoms with E-state index in [0.29, 0.717) is 10.6 Å². The van der Waals surface area contributed by atoms with Crippen molar-refractivity contribution in [3.05, 3.63) is 16.0 Å². The van der Waals surface area contributed by atoms with Gasteiger partial charge in [0, 0.05) is 11.4 Å². The molecule has 2 rings (SSSR count). The molecule has 0 spiro atoms. The summed E-state index contributed by atoms with van der Waals surface area (Å²) in [5.41, 5.74) is 6.61. The van der Waals surface area contributed by atoms with E-state index in [9.17, 15) is 14.4 Å². The third-order valence-electron chi connectivity index (χ3n) is 3.25. The number of rotatable bonds is 4. The maximum atomic E-state index is 11.8. The van der Waals surface area contributed by atoms with Crippen LogP contribution in [0, 0.1) is 0 Å². The Bertz CT molecular complexity index is 582. The van der Waals surface area contributed by atoms with Crippen molar-refractivity contribution in [3.8, 4) is 0 Å². The number of amides is 3. The molecule has 0 saturated heterocycles. The Kier molecular flexibility index (Phi) is 4.92. The molecular weight excluding hydrogens is 294 g/mol. The normalized spacial score (nSPS) is 13.4. The highest BCUT2D eigenvalue weighted by atomic mass is 32.1. The average Bonchev–Trinajstić information content (AvgIpc) is 2.82. The third kappa shape index (κ3) is 3.40. The van der Waals surface area contributed by atoms with Crippen molar-refractivity contribution in [1.82, 2.24) is 5.32 Å². The van der Waals surface area contributed by atoms with Crippen LogP contribution in [0.15, 0.2) is 0 Å². The summed E-state index contributed by atoms with van der Waals surface area (Å²) in [5, 5.41) is 13.6. The summed E-state index contributed by atoms with van der Waals surface area (Å²) in [6.07, 6.45) is 3.63. The minimum atomic E-state index is -0.871. The molecule has 3 amide bonds. The van der Waals surface area contributed by atoms with E-state index in [0.717, 1.165) is 36.1 Å². The maximum absolute atomic E-state index is 11.8. The first-order chi connectivity index (χ1) is 10.0. The van der Waals surface area contributed by atoms with Crippen molar-refractivity contribution >= 4 is 34.1 Å². The summed E-state index contributed by atoms with van der Waals surface area (Å²) in [5.74, 6) is -2.32. The number of hydrogen-bond acceptors (Lipinski definition) is 5. The second kappa shape index (κ2) is 6.68. The number of nitrogens with one attached hydrogen (secondary N) is 2. The SMILES string of the molecule is NC(=O)c1c(NC(=O)C(=O)NCCO)sc2c1CCCC2. The van der Waals surface area contributed by atoms with Crippen molar-refractivity contribution in [2.24, 2.45) is 5.73 Å². The Morgan fingerprint density at radius 2 is 1.90 bits per heavy atom. The molecule has 1 aromatic heterocycles. The first kappa shape index (κ1) is 15.5. The Balaban J connectivity index is 2.20. The van der Waals surface area contributed by atoms with Crippen molar-refractivity contribution in [3.63, 3.8) is 0 Å². The molecule has 0 saturated carbocycles. The summed E-state index contributed by atoms with van der Waals surface area (Å²) in [4.78, 5) is 35.9. The zero-order valence-electron chi connectivity index (χ0n) is 11.4. The molecule has 1 heterocycles. The molecular formula is C13H17N3O4S. The number of hydrogen-bond donors (Lipinski definition) is 4. The summed E-state index contributed by atoms with van der Waals surface area (Å²) in [7, 11) is 0. The van der Waals surface area contributed by atoms with E-state index >= 15 is 0 Å². The van der Waals surface area contributed by atoms with Gasteiger partial charge in [0.1, 0.15) is 5.00 Å². The predicted molar refractivity (Wildman–Crippen MR) is 78.2 cm³/mol. The molecule has 21 heavy (non-hydrogen) atoms. The standard InChI is InChI=1S/C13H17N3O4S/c14-10(18)9-7-3-1-2-4-8(7)21-13(9)16-12(20)11(19)15-5-6-17/h17H,1-6H2,(H2,14,18)(H,15,19)(H,16,20). The lowest BCUT2D eigenvalue weighted by Gasteiger charge is -2.11. The van der Waals surface area contributed by atoms with Crippen LogP contribution in [0.4, 0.5) is 5.00 Å². The van der Waals surface area contributed by atoms with Gasteiger partial charge in [-0.1, -0.05) is 0 Å². The maximum Gasteiger partial charge on any atom is 0.314 e. The molecule has 114 valence electrons. The Hall–Kier alpha value is -1.93. The van der Waals surface area contributed by atoms with E-state index in [1.807, 2.05) is 0 Å². The van der Waals surface area contributed by atoms with Gasteiger partial charge in [-0.2, -0.15) is 0 Å². The second-order valence-electron chi connectivity index (χ2n) is 4.71. The Morgan fingerprint density at radius 1 is 1.19 bits per heavy atom. The number of anilines is 1. The van der Waals surface area contributed by atoms with Crippen LogP contribution in [-0.4, -0.2) is 36.0 Å². The fourth-order valence-electron chi connectivity index (χ4n) is 2.32. The average molecular weight is 311 g/mol. The van der Waals surface area contributed by atoms with Gasteiger partial charge in [0.15, 0.2) is 0 Å². The van der Waals surface area contributed by atoms with Gasteiger partial charge in [-0.05, 0) is 31.2 Å². The van der Waals surface area contributed by atoms with Gasteiger partial charge in [-0.3, -0.25) is 14.4 Å². The third-order valence-corrected chi connectivity index (χ3v) is 4.46. The topological polar surface area (TPSA) is 122 Å². The Morgan fingerprint density at radius 3 is 2.57 bits per heavy atom. The minimum Gasteiger partial charge on any atom is -0.395 e. The van der Waals surface area contributed by atoms with Gasteiger partial charge in [0.2, 0.25) is 0 Å². The monoisotopic (exact) mass is 311 g/mol. The first-order valence-electron chi connectivity index (χ1n) is 6.69. The molecule has 8 heteroatoms. The summed E-state index contributed by atoms with van der Waals surface area (Å²) in [6, 6.07) is 0. The zero-order valence-corrected chi connectivity index (χ0v) is 12.2. The number of carbonyl (C=O) groups is 3. The molecule has 0 radical (unpaired) electrons. The summed E-state index contributed by atoms with van der Waals surface area (Å²) < 4.78 is 0. The van der Waals surface area contributed by atoms with Gasteiger partial charge in [-0.25, -0.2) is 0 Å². The molecule has 1 aliphatic rings. The zero-order chi connectivity index (χ0) is 15.4. The predicted octanol–water partition coefficient (Wildman–Crippen LogP) is -0.227. The molecule has 7 nitrogen and oxygen atoms in total. The lowest BCUT2D eigenvalue weighted by molar-refractivity contribution is -0.136. The quantitative estimate of drug-likeness (QED) is 0.574. The highest BCUT2D eigenvalue weighted by Gasteiger charge is 2.26. The first-order valence-corrected chi connectivity index (χ1v) is 7.50. The van der Waals surface area contributed by atoms with Crippen LogP contribution in [0.5, 0.6) is 0 Å². The van der Waals surface area contributed by atoms with Crippen molar-refractivity contribution in [2.45, 2.75) is 25.7 Å². The molecule has 0 aromatic carbocycles. The van der Waals surface area contributed by atoms with Gasteiger partial charge in [0.05, 0.1) is 12.2 Å². The molecule has 1 aliphatic carbocycles. The number of nitrogens with two attached hydrogens (primary N) is 1. The molecule has 0 aliphatic heterocycles. The van der Waals surface area contributed by atoms with Crippen molar-refractivity contribution in [2.75, 3.05) is 18.5 Å². The molecule has 0 fully saturated rings. The summed E-state index contributed by atoms with van der Waals surface area (Å²) in [6.45, 7) is -0.255. The molecule has 5 N–H and O–H groups in total. The number of aryl methyl sites for hydroxylation is 1. The van der Waals surface area contributed by atoms with E-state index in [1.165, 1.54) is 11.3 Å². The van der Waals surface area contributed by atoms with Crippen LogP contribution in [-0.2, 0) is 22.4 Å². The largest absolute Gasteiger partial charge is 0.395 e. The minimum absolute atomic E-state index is 0.00410. The highest BCUT2D eigenvalue weighted by Crippen LogP contribution is 2.37. The van der Waals surface area contributed by atoms with E-state index in [1.54, 1.807) is 0 Å². The Labute approximate surface area is 125 Å². The molecule has 0 atom stereocenters. The van der Waals surface area contributed by atoms with E-state index in [2.05, 4.69) is 10.6 Å². The van der Waals surface area contributed by atoms with Gasteiger partial charge < -0.3 is 21.5 Å². The highest BCUT2D eigenvalue weighted by molar-refractivity contribution is 7.17. The van der Waals surface area contributed by atoms with E-state index in [-0.39, 0.29) is 13.2 Å². The van der Waals surface area contributed by atoms with E-state index in [4.69, 9.17) is 10.8 Å². The second-order valence-corrected chi connectivity index (χ2v) is 5.82. The van der Waals surface area contributed by atoms with Gasteiger partial charge >= 0.3 is 11.8 Å². The van der Waals surface area contributed by atoms with Crippen LogP contribution in [0.3, 0.4) is 0 Å². The lowest BCUT2D eigenvalue weighted by Crippen LogP contribution is -2.37. The van der Waals surface area contributed by atoms with Gasteiger partial charge in [0.25, 0.3) is 5.91 Å². The van der Waals surface area contributed by atoms with E-state index < -0.39 is 17.7 Å². The molecule has 0 unspecified atom stereocenters. The number of aliphatic hydroxyl groups is 1. The van der Waals surface area contributed by atoms with Crippen LogP contribution in [0.1, 0.15) is 33.6 Å². The van der Waals surface area contributed by atoms with Crippen LogP contribution >= 0.6 is 11.3 Å². The lowest BCUT2D eigenvalue weighted by atomic mass is 9.95. The van der Waals surface area contributed by atoms with Crippen molar-refractivity contribution < 1.29 is 19.5 Å². The summed E-state index contributed by atoms with van der Waals surface area (Å²) >= 11 is 1.30. The van der Waals surface area contributed by atoms with Gasteiger partial charge in [-0.15, -0.1) is 11.3 Å². The molecule has 1 aromatic rings. The number of thiophene rings is 1.